The van der Waals surface area contributed by atoms with Gasteiger partial charge in [-0.1, -0.05) is 6.07 Å². The summed E-state index contributed by atoms with van der Waals surface area (Å²) in [5, 5.41) is 0.0278. The maximum absolute atomic E-state index is 12.4. The third-order valence-corrected chi connectivity index (χ3v) is 5.74. The summed E-state index contributed by atoms with van der Waals surface area (Å²) >= 11 is 1.75. The van der Waals surface area contributed by atoms with E-state index in [2.05, 4.69) is 9.71 Å². The Kier molecular flexibility index (Phi) is 3.15. The average molecular weight is 298 g/mol. The third kappa shape index (κ3) is 2.31. The van der Waals surface area contributed by atoms with Crippen molar-refractivity contribution >= 4 is 33.3 Å². The molecule has 0 aliphatic carbocycles. The lowest BCUT2D eigenvalue weighted by atomic mass is 10.3. The van der Waals surface area contributed by atoms with Gasteiger partial charge in [-0.15, -0.1) is 0 Å². The van der Waals surface area contributed by atoms with Crippen molar-refractivity contribution < 1.29 is 8.42 Å². The Morgan fingerprint density at radius 2 is 2.32 bits per heavy atom. The Labute approximate surface area is 115 Å². The summed E-state index contributed by atoms with van der Waals surface area (Å²) in [5.74, 6) is 1.82. The van der Waals surface area contributed by atoms with Crippen molar-refractivity contribution in [2.24, 2.45) is 0 Å². The Balaban J connectivity index is 2.04. The van der Waals surface area contributed by atoms with E-state index in [9.17, 15) is 8.42 Å². The van der Waals surface area contributed by atoms with Crippen molar-refractivity contribution in [1.82, 2.24) is 14.1 Å². The number of fused-ring (bicyclic) bond motifs is 1. The molecule has 3 N–H and O–H groups in total. The highest BCUT2D eigenvalue weighted by Crippen LogP contribution is 2.23. The van der Waals surface area contributed by atoms with Crippen molar-refractivity contribution in [3.63, 3.8) is 0 Å². The molecule has 1 saturated heterocycles. The highest BCUT2D eigenvalue weighted by Gasteiger charge is 2.28. The maximum atomic E-state index is 12.4. The number of thioether (sulfide) groups is 1. The number of hydrogen-bond acceptors (Lipinski definition) is 5. The van der Waals surface area contributed by atoms with E-state index in [1.165, 1.54) is 4.40 Å². The van der Waals surface area contributed by atoms with Gasteiger partial charge in [0.1, 0.15) is 5.65 Å². The highest BCUT2D eigenvalue weighted by molar-refractivity contribution is 7.99. The molecule has 0 saturated carbocycles. The normalized spacial score (nSPS) is 20.1. The van der Waals surface area contributed by atoms with E-state index in [0.717, 1.165) is 17.9 Å². The molecular weight excluding hydrogens is 284 g/mol. The van der Waals surface area contributed by atoms with Crippen LogP contribution in [0.4, 0.5) is 5.82 Å². The molecular formula is C11H14N4O2S2. The van der Waals surface area contributed by atoms with Crippen LogP contribution >= 0.6 is 11.8 Å². The molecule has 6 nitrogen and oxygen atoms in total. The quantitative estimate of drug-likeness (QED) is 0.870. The van der Waals surface area contributed by atoms with Crippen molar-refractivity contribution in [2.45, 2.75) is 17.5 Å². The summed E-state index contributed by atoms with van der Waals surface area (Å²) in [4.78, 5) is 4.07. The molecule has 3 heterocycles. The Hall–Kier alpha value is -1.25. The van der Waals surface area contributed by atoms with Crippen LogP contribution < -0.4 is 10.5 Å². The van der Waals surface area contributed by atoms with Gasteiger partial charge in [-0.05, 0) is 24.3 Å². The lowest BCUT2D eigenvalue weighted by Crippen LogP contribution is -2.35. The molecule has 1 aliphatic rings. The largest absolute Gasteiger partial charge is 0.381 e. The van der Waals surface area contributed by atoms with Gasteiger partial charge in [0.25, 0.3) is 10.0 Å². The number of nitrogens with one attached hydrogen (secondary N) is 1. The first-order valence-electron chi connectivity index (χ1n) is 5.90. The number of imidazole rings is 1. The van der Waals surface area contributed by atoms with Crippen LogP contribution in [0.15, 0.2) is 29.4 Å². The molecule has 8 heteroatoms. The molecule has 3 rings (SSSR count). The molecule has 0 radical (unpaired) electrons. The Morgan fingerprint density at radius 3 is 3.05 bits per heavy atom. The summed E-state index contributed by atoms with van der Waals surface area (Å²) in [5.41, 5.74) is 6.29. The van der Waals surface area contributed by atoms with Crippen molar-refractivity contribution in [3.8, 4) is 0 Å². The number of nitrogens with two attached hydrogens (primary N) is 1. The molecule has 0 bridgehead atoms. The van der Waals surface area contributed by atoms with E-state index in [1.807, 2.05) is 0 Å². The zero-order valence-corrected chi connectivity index (χ0v) is 11.7. The summed E-state index contributed by atoms with van der Waals surface area (Å²) in [6.45, 7) is 0. The number of rotatable bonds is 3. The number of hydrogen-bond donors (Lipinski definition) is 2. The van der Waals surface area contributed by atoms with E-state index in [4.69, 9.17) is 5.73 Å². The van der Waals surface area contributed by atoms with Crippen LogP contribution in [0.2, 0.25) is 0 Å². The van der Waals surface area contributed by atoms with Gasteiger partial charge in [0, 0.05) is 18.0 Å². The molecule has 1 aliphatic heterocycles. The molecule has 2 aromatic heterocycles. The van der Waals surface area contributed by atoms with Crippen LogP contribution in [-0.4, -0.2) is 35.4 Å². The van der Waals surface area contributed by atoms with E-state index in [-0.39, 0.29) is 16.9 Å². The van der Waals surface area contributed by atoms with Crippen LogP contribution in [0.5, 0.6) is 0 Å². The molecule has 0 amide bonds. The van der Waals surface area contributed by atoms with Crippen molar-refractivity contribution in [1.29, 1.82) is 0 Å². The fourth-order valence-electron chi connectivity index (χ4n) is 2.16. The fraction of sp³-hybridized carbons (Fsp3) is 0.364. The van der Waals surface area contributed by atoms with E-state index < -0.39 is 10.0 Å². The second kappa shape index (κ2) is 4.69. The van der Waals surface area contributed by atoms with Gasteiger partial charge in [0.2, 0.25) is 0 Å². The number of pyridine rings is 1. The topological polar surface area (TPSA) is 89.5 Å². The van der Waals surface area contributed by atoms with E-state index in [0.29, 0.717) is 5.65 Å². The molecule has 102 valence electrons. The minimum Gasteiger partial charge on any atom is -0.381 e. The highest BCUT2D eigenvalue weighted by atomic mass is 32.2. The number of nitrogens with zero attached hydrogens (tertiary/aromatic N) is 2. The predicted octanol–water partition coefficient (Wildman–Crippen LogP) is 0.700. The summed E-state index contributed by atoms with van der Waals surface area (Å²) < 4.78 is 29.0. The lowest BCUT2D eigenvalue weighted by molar-refractivity contribution is 0.559. The predicted molar refractivity (Wildman–Crippen MR) is 75.7 cm³/mol. The van der Waals surface area contributed by atoms with Gasteiger partial charge in [0.05, 0.1) is 0 Å². The summed E-state index contributed by atoms with van der Waals surface area (Å²) in [7, 11) is -3.65. The fourth-order valence-corrected chi connectivity index (χ4v) is 4.91. The minimum atomic E-state index is -3.65. The minimum absolute atomic E-state index is 0.0244. The molecule has 1 atom stereocenters. The van der Waals surface area contributed by atoms with Gasteiger partial charge in [-0.3, -0.25) is 4.40 Å². The van der Waals surface area contributed by atoms with Crippen LogP contribution in [-0.2, 0) is 10.0 Å². The zero-order chi connectivity index (χ0) is 13.5. The number of aromatic nitrogens is 2. The molecule has 1 fully saturated rings. The molecule has 19 heavy (non-hydrogen) atoms. The van der Waals surface area contributed by atoms with Gasteiger partial charge in [-0.25, -0.2) is 18.1 Å². The first-order chi connectivity index (χ1) is 9.08. The third-order valence-electron chi connectivity index (χ3n) is 3.02. The molecule has 2 aromatic rings. The average Bonchev–Trinajstić information content (AvgIpc) is 2.94. The second-order valence-electron chi connectivity index (χ2n) is 4.41. The number of nitrogen functional groups attached to an aromatic ring is 1. The van der Waals surface area contributed by atoms with E-state index >= 15 is 0 Å². The van der Waals surface area contributed by atoms with Crippen molar-refractivity contribution in [3.05, 3.63) is 24.4 Å². The maximum Gasteiger partial charge on any atom is 0.260 e. The monoisotopic (exact) mass is 298 g/mol. The first kappa shape index (κ1) is 12.8. The molecule has 0 spiro atoms. The summed E-state index contributed by atoms with van der Waals surface area (Å²) in [6, 6.07) is 5.24. The first-order valence-corrected chi connectivity index (χ1v) is 8.54. The zero-order valence-electron chi connectivity index (χ0n) is 10.1. The lowest BCUT2D eigenvalue weighted by Gasteiger charge is -2.11. The van der Waals surface area contributed by atoms with Gasteiger partial charge >= 0.3 is 0 Å². The van der Waals surface area contributed by atoms with Crippen LogP contribution in [0.25, 0.3) is 5.65 Å². The van der Waals surface area contributed by atoms with Gasteiger partial charge < -0.3 is 5.73 Å². The number of sulfonamides is 1. The SMILES string of the molecule is Nc1nc2ccccn2c1S(=O)(=O)NC1CCSC1. The van der Waals surface area contributed by atoms with E-state index in [1.54, 1.807) is 36.2 Å². The standard InChI is InChI=1S/C11H14N4O2S2/c12-10-11(15-5-2-1-3-9(15)13-10)19(16,17)14-8-4-6-18-7-8/h1-3,5,8,14H,4,6-7,12H2. The van der Waals surface area contributed by atoms with Crippen LogP contribution in [0.1, 0.15) is 6.42 Å². The van der Waals surface area contributed by atoms with Gasteiger partial charge in [0.15, 0.2) is 10.8 Å². The molecule has 1 unspecified atom stereocenters. The number of anilines is 1. The smallest absolute Gasteiger partial charge is 0.260 e. The van der Waals surface area contributed by atoms with Gasteiger partial charge in [-0.2, -0.15) is 11.8 Å². The summed E-state index contributed by atoms with van der Waals surface area (Å²) in [6.07, 6.45) is 2.50. The molecule has 0 aromatic carbocycles. The van der Waals surface area contributed by atoms with Crippen molar-refractivity contribution in [2.75, 3.05) is 17.2 Å². The second-order valence-corrected chi connectivity index (χ2v) is 7.19. The Bertz CT molecular complexity index is 705. The Morgan fingerprint density at radius 1 is 1.47 bits per heavy atom. The van der Waals surface area contributed by atoms with Crippen LogP contribution in [0, 0.1) is 0 Å². The van der Waals surface area contributed by atoms with Crippen LogP contribution in [0.3, 0.4) is 0 Å².